The maximum Gasteiger partial charge on any atom is 0.409 e. The van der Waals surface area contributed by atoms with Crippen LogP contribution in [0, 0.1) is 0 Å². The van der Waals surface area contributed by atoms with Gasteiger partial charge in [-0.25, -0.2) is 0 Å². The highest BCUT2D eigenvalue weighted by Crippen LogP contribution is 2.43. The molecular formula is C24H31F3N2O. The standard InChI is InChI=1S/C24H31F3N2O/c1-4-5-6-7-8-10-17-11-9-12-18-13-14-19(15-20(17)18)22(24(25,26)27)29-23(2,3)16-21(30)28-29/h9,11-15,22H,4-8,10,16H2,1-3H3,(H,28,30). The molecule has 0 radical (unpaired) electrons. The average Bonchev–Trinajstić information content (AvgIpc) is 2.92. The summed E-state index contributed by atoms with van der Waals surface area (Å²) in [4.78, 5) is 11.9. The third-order valence-corrected chi connectivity index (χ3v) is 5.92. The molecule has 3 nitrogen and oxygen atoms in total. The molecule has 1 atom stereocenters. The predicted octanol–water partition coefficient (Wildman–Crippen LogP) is 6.47. The Labute approximate surface area is 176 Å². The van der Waals surface area contributed by atoms with Gasteiger partial charge in [0.05, 0.1) is 0 Å². The molecule has 1 fully saturated rings. The number of hydrogen-bond donors (Lipinski definition) is 1. The molecule has 1 aliphatic rings. The zero-order valence-electron chi connectivity index (χ0n) is 18.0. The fraction of sp³-hybridized carbons (Fsp3) is 0.542. The minimum Gasteiger partial charge on any atom is -0.287 e. The number of carbonyl (C=O) groups is 1. The number of alkyl halides is 3. The van der Waals surface area contributed by atoms with Crippen LogP contribution in [0.3, 0.4) is 0 Å². The number of halogens is 3. The summed E-state index contributed by atoms with van der Waals surface area (Å²) in [7, 11) is 0. The Hall–Kier alpha value is -2.08. The Balaban J connectivity index is 1.95. The lowest BCUT2D eigenvalue weighted by Gasteiger charge is -2.38. The van der Waals surface area contributed by atoms with Gasteiger partial charge in [-0.3, -0.25) is 10.2 Å². The van der Waals surface area contributed by atoms with E-state index in [1.807, 2.05) is 18.2 Å². The van der Waals surface area contributed by atoms with Gasteiger partial charge >= 0.3 is 6.18 Å². The van der Waals surface area contributed by atoms with Gasteiger partial charge in [0, 0.05) is 12.0 Å². The van der Waals surface area contributed by atoms with Crippen LogP contribution in [-0.4, -0.2) is 22.6 Å². The topological polar surface area (TPSA) is 32.3 Å². The molecule has 3 rings (SSSR count). The van der Waals surface area contributed by atoms with Gasteiger partial charge in [0.25, 0.3) is 0 Å². The first-order chi connectivity index (χ1) is 14.1. The molecule has 2 aromatic carbocycles. The lowest BCUT2D eigenvalue weighted by molar-refractivity contribution is -0.203. The molecule has 0 aliphatic carbocycles. The molecule has 0 bridgehead atoms. The van der Waals surface area contributed by atoms with Crippen molar-refractivity contribution in [3.63, 3.8) is 0 Å². The van der Waals surface area contributed by atoms with Crippen molar-refractivity contribution in [1.82, 2.24) is 10.4 Å². The summed E-state index contributed by atoms with van der Waals surface area (Å²) in [5.41, 5.74) is 2.75. The van der Waals surface area contributed by atoms with E-state index in [9.17, 15) is 18.0 Å². The second-order valence-electron chi connectivity index (χ2n) is 8.90. The van der Waals surface area contributed by atoms with Gasteiger partial charge in [-0.2, -0.15) is 18.2 Å². The highest BCUT2D eigenvalue weighted by atomic mass is 19.4. The highest BCUT2D eigenvalue weighted by molar-refractivity contribution is 5.86. The van der Waals surface area contributed by atoms with E-state index in [1.54, 1.807) is 26.0 Å². The summed E-state index contributed by atoms with van der Waals surface area (Å²) >= 11 is 0. The summed E-state index contributed by atoms with van der Waals surface area (Å²) in [5.74, 6) is -0.386. The van der Waals surface area contributed by atoms with Crippen molar-refractivity contribution in [2.24, 2.45) is 0 Å². The maximum absolute atomic E-state index is 14.2. The molecule has 1 amide bonds. The highest BCUT2D eigenvalue weighted by Gasteiger charge is 2.52. The van der Waals surface area contributed by atoms with Gasteiger partial charge in [0.2, 0.25) is 5.91 Å². The molecule has 6 heteroatoms. The average molecular weight is 421 g/mol. The molecular weight excluding hydrogens is 389 g/mol. The summed E-state index contributed by atoms with van der Waals surface area (Å²) in [6.45, 7) is 5.49. The van der Waals surface area contributed by atoms with Crippen molar-refractivity contribution in [1.29, 1.82) is 0 Å². The van der Waals surface area contributed by atoms with Crippen molar-refractivity contribution in [3.05, 3.63) is 47.5 Å². The molecule has 2 aromatic rings. The Morgan fingerprint density at radius 1 is 1.10 bits per heavy atom. The lowest BCUT2D eigenvalue weighted by Crippen LogP contribution is -2.51. The number of nitrogens with one attached hydrogen (secondary N) is 1. The van der Waals surface area contributed by atoms with E-state index in [2.05, 4.69) is 12.3 Å². The van der Waals surface area contributed by atoms with Crippen molar-refractivity contribution in [2.75, 3.05) is 0 Å². The van der Waals surface area contributed by atoms with E-state index >= 15 is 0 Å². The van der Waals surface area contributed by atoms with E-state index in [1.165, 1.54) is 25.3 Å². The molecule has 30 heavy (non-hydrogen) atoms. The predicted molar refractivity (Wildman–Crippen MR) is 114 cm³/mol. The first-order valence-electron chi connectivity index (χ1n) is 10.8. The second-order valence-corrected chi connectivity index (χ2v) is 8.90. The van der Waals surface area contributed by atoms with Crippen LogP contribution >= 0.6 is 0 Å². The molecule has 0 aromatic heterocycles. The van der Waals surface area contributed by atoms with E-state index in [4.69, 9.17) is 0 Å². The van der Waals surface area contributed by atoms with Crippen LogP contribution in [0.4, 0.5) is 13.2 Å². The third kappa shape index (κ3) is 4.97. The van der Waals surface area contributed by atoms with E-state index < -0.39 is 17.8 Å². The van der Waals surface area contributed by atoms with E-state index in [0.29, 0.717) is 0 Å². The largest absolute Gasteiger partial charge is 0.409 e. The van der Waals surface area contributed by atoms with Crippen LogP contribution in [0.15, 0.2) is 36.4 Å². The number of hydrogen-bond acceptors (Lipinski definition) is 2. The molecule has 1 heterocycles. The minimum atomic E-state index is -4.52. The number of amides is 1. The summed E-state index contributed by atoms with van der Waals surface area (Å²) in [6.07, 6.45) is 2.11. The zero-order valence-corrected chi connectivity index (χ0v) is 18.0. The maximum atomic E-state index is 14.2. The quantitative estimate of drug-likeness (QED) is 0.496. The lowest BCUT2D eigenvalue weighted by atomic mass is 9.93. The SMILES string of the molecule is CCCCCCCc1cccc2ccc(C(N3NC(=O)CC3(C)C)C(F)(F)F)cc12. The Bertz CT molecular complexity index is 892. The fourth-order valence-corrected chi connectivity index (χ4v) is 4.36. The molecule has 0 saturated carbocycles. The molecule has 1 unspecified atom stereocenters. The number of fused-ring (bicyclic) bond motifs is 1. The Morgan fingerprint density at radius 3 is 2.47 bits per heavy atom. The fourth-order valence-electron chi connectivity index (χ4n) is 4.36. The van der Waals surface area contributed by atoms with Gasteiger partial charge in [-0.05, 0) is 54.7 Å². The normalized spacial score (nSPS) is 18.0. The summed E-state index contributed by atoms with van der Waals surface area (Å²) in [6, 6.07) is 8.98. The summed E-state index contributed by atoms with van der Waals surface area (Å²) < 4.78 is 42.5. The number of benzene rings is 2. The van der Waals surface area contributed by atoms with Crippen LogP contribution < -0.4 is 5.43 Å². The van der Waals surface area contributed by atoms with Crippen molar-refractivity contribution < 1.29 is 18.0 Å². The smallest absolute Gasteiger partial charge is 0.287 e. The van der Waals surface area contributed by atoms with Gasteiger partial charge in [0.1, 0.15) is 0 Å². The van der Waals surface area contributed by atoms with E-state index in [0.717, 1.165) is 40.6 Å². The zero-order chi connectivity index (χ0) is 21.9. The second kappa shape index (κ2) is 8.96. The number of nitrogens with zero attached hydrogens (tertiary/aromatic N) is 1. The van der Waals surface area contributed by atoms with E-state index in [-0.39, 0.29) is 17.9 Å². The number of carbonyl (C=O) groups excluding carboxylic acids is 1. The Kier molecular flexibility index (Phi) is 6.75. The molecule has 1 saturated heterocycles. The van der Waals surface area contributed by atoms with Crippen LogP contribution in [0.25, 0.3) is 10.8 Å². The van der Waals surface area contributed by atoms with Gasteiger partial charge < -0.3 is 0 Å². The molecule has 1 aliphatic heterocycles. The minimum absolute atomic E-state index is 0.0379. The van der Waals surface area contributed by atoms with Crippen LogP contribution in [-0.2, 0) is 11.2 Å². The van der Waals surface area contributed by atoms with Gasteiger partial charge in [-0.1, -0.05) is 62.9 Å². The monoisotopic (exact) mass is 420 g/mol. The summed E-state index contributed by atoms with van der Waals surface area (Å²) in [5, 5.41) is 2.88. The van der Waals surface area contributed by atoms with Crippen LogP contribution in [0.5, 0.6) is 0 Å². The van der Waals surface area contributed by atoms with Crippen LogP contribution in [0.2, 0.25) is 0 Å². The van der Waals surface area contributed by atoms with Crippen LogP contribution in [0.1, 0.15) is 76.5 Å². The first-order valence-corrected chi connectivity index (χ1v) is 10.8. The molecule has 1 N–H and O–H groups in total. The molecule has 164 valence electrons. The van der Waals surface area contributed by atoms with Crippen molar-refractivity contribution in [3.8, 4) is 0 Å². The number of rotatable bonds is 8. The van der Waals surface area contributed by atoms with Crippen molar-refractivity contribution >= 4 is 16.7 Å². The first kappa shape index (κ1) is 22.6. The molecule has 0 spiro atoms. The van der Waals surface area contributed by atoms with Gasteiger partial charge in [0.15, 0.2) is 6.04 Å². The third-order valence-electron chi connectivity index (χ3n) is 5.92. The number of aryl methyl sites for hydroxylation is 1. The number of hydrazine groups is 1. The van der Waals surface area contributed by atoms with Crippen molar-refractivity contribution in [2.45, 2.75) is 83.5 Å². The number of unbranched alkanes of at least 4 members (excludes halogenated alkanes) is 4. The Morgan fingerprint density at radius 2 is 1.83 bits per heavy atom. The van der Waals surface area contributed by atoms with Gasteiger partial charge in [-0.15, -0.1) is 0 Å².